The highest BCUT2D eigenvalue weighted by Crippen LogP contribution is 2.33. The summed E-state index contributed by atoms with van der Waals surface area (Å²) in [6, 6.07) is 0. The van der Waals surface area contributed by atoms with Crippen molar-refractivity contribution in [1.82, 2.24) is 10.4 Å². The number of carbonyl (C=O) groups is 1. The second-order valence-corrected chi connectivity index (χ2v) is 4.63. The van der Waals surface area contributed by atoms with E-state index < -0.39 is 0 Å². The standard InChI is InChI=1S/C7H13N3OS/c1-5(11)10-7(2,3)12-6(8-4)9-10/h1-4H3,(H,8,9). The van der Waals surface area contributed by atoms with Crippen molar-refractivity contribution in [3.63, 3.8) is 0 Å². The monoisotopic (exact) mass is 187 g/mol. The molecule has 0 aromatic heterocycles. The number of amidine groups is 1. The summed E-state index contributed by atoms with van der Waals surface area (Å²) in [6.07, 6.45) is 0. The smallest absolute Gasteiger partial charge is 0.239 e. The number of hydrazine groups is 1. The van der Waals surface area contributed by atoms with Gasteiger partial charge in [-0.05, 0) is 13.8 Å². The number of nitrogens with zero attached hydrogens (tertiary/aromatic N) is 2. The molecule has 0 atom stereocenters. The molecule has 1 fully saturated rings. The third kappa shape index (κ3) is 1.55. The number of rotatable bonds is 0. The Balaban J connectivity index is 2.84. The maximum atomic E-state index is 11.1. The fraction of sp³-hybridized carbons (Fsp3) is 0.714. The van der Waals surface area contributed by atoms with Crippen molar-refractivity contribution in [2.24, 2.45) is 4.99 Å². The Labute approximate surface area is 76.4 Å². The number of thioether (sulfide) groups is 1. The molecule has 0 bridgehead atoms. The van der Waals surface area contributed by atoms with Crippen molar-refractivity contribution >= 4 is 22.8 Å². The zero-order chi connectivity index (χ0) is 9.35. The van der Waals surface area contributed by atoms with Gasteiger partial charge in [0.2, 0.25) is 5.91 Å². The van der Waals surface area contributed by atoms with Crippen LogP contribution < -0.4 is 5.43 Å². The van der Waals surface area contributed by atoms with E-state index in [2.05, 4.69) is 10.4 Å². The van der Waals surface area contributed by atoms with E-state index in [0.29, 0.717) is 0 Å². The molecule has 1 saturated heterocycles. The van der Waals surface area contributed by atoms with Crippen molar-refractivity contribution in [1.29, 1.82) is 0 Å². The molecule has 4 nitrogen and oxygen atoms in total. The van der Waals surface area contributed by atoms with E-state index in [1.165, 1.54) is 6.92 Å². The van der Waals surface area contributed by atoms with Crippen LogP contribution in [0.15, 0.2) is 4.99 Å². The third-order valence-corrected chi connectivity index (χ3v) is 2.76. The minimum Gasteiger partial charge on any atom is -0.273 e. The first-order chi connectivity index (χ1) is 5.47. The lowest BCUT2D eigenvalue weighted by atomic mass is 10.3. The highest BCUT2D eigenvalue weighted by atomic mass is 32.2. The van der Waals surface area contributed by atoms with Gasteiger partial charge in [0.05, 0.1) is 0 Å². The van der Waals surface area contributed by atoms with Crippen LogP contribution in [0.2, 0.25) is 0 Å². The second-order valence-electron chi connectivity index (χ2n) is 3.04. The van der Waals surface area contributed by atoms with Crippen LogP contribution in [0.3, 0.4) is 0 Å². The number of aliphatic imine (C=N–C) groups is 1. The molecule has 68 valence electrons. The van der Waals surface area contributed by atoms with Crippen LogP contribution in [-0.2, 0) is 4.79 Å². The average Bonchev–Trinajstić information content (AvgIpc) is 2.25. The third-order valence-electron chi connectivity index (χ3n) is 1.61. The molecule has 12 heavy (non-hydrogen) atoms. The second kappa shape index (κ2) is 2.97. The maximum Gasteiger partial charge on any atom is 0.239 e. The number of carbonyl (C=O) groups excluding carboxylic acids is 1. The molecular formula is C7H13N3OS. The lowest BCUT2D eigenvalue weighted by Crippen LogP contribution is -2.46. The summed E-state index contributed by atoms with van der Waals surface area (Å²) in [4.78, 5) is 14.9. The lowest BCUT2D eigenvalue weighted by Gasteiger charge is -2.26. The maximum absolute atomic E-state index is 11.1. The van der Waals surface area contributed by atoms with Gasteiger partial charge in [-0.1, -0.05) is 11.8 Å². The molecule has 1 amide bonds. The van der Waals surface area contributed by atoms with Gasteiger partial charge in [-0.25, -0.2) is 5.01 Å². The van der Waals surface area contributed by atoms with Crippen LogP contribution in [0.4, 0.5) is 0 Å². The van der Waals surface area contributed by atoms with Crippen LogP contribution in [0.1, 0.15) is 20.8 Å². The normalized spacial score (nSPS) is 24.3. The summed E-state index contributed by atoms with van der Waals surface area (Å²) in [5, 5.41) is 2.37. The zero-order valence-corrected chi connectivity index (χ0v) is 8.53. The molecule has 0 radical (unpaired) electrons. The van der Waals surface area contributed by atoms with Crippen LogP contribution >= 0.6 is 11.8 Å². The SMILES string of the molecule is CN=C1NN(C(C)=O)C(C)(C)S1. The van der Waals surface area contributed by atoms with Crippen molar-refractivity contribution in [3.05, 3.63) is 0 Å². The highest BCUT2D eigenvalue weighted by Gasteiger charge is 2.38. The number of hydrogen-bond acceptors (Lipinski definition) is 3. The van der Waals surface area contributed by atoms with Gasteiger partial charge in [0.25, 0.3) is 0 Å². The zero-order valence-electron chi connectivity index (χ0n) is 7.71. The van der Waals surface area contributed by atoms with Crippen LogP contribution in [0.25, 0.3) is 0 Å². The van der Waals surface area contributed by atoms with E-state index in [-0.39, 0.29) is 10.8 Å². The van der Waals surface area contributed by atoms with E-state index in [0.717, 1.165) is 5.17 Å². The number of amides is 1. The first kappa shape index (κ1) is 9.38. The summed E-state index contributed by atoms with van der Waals surface area (Å²) in [5.41, 5.74) is 2.93. The van der Waals surface area contributed by atoms with Gasteiger partial charge in [0, 0.05) is 14.0 Å². The fourth-order valence-electron chi connectivity index (χ4n) is 1.09. The first-order valence-corrected chi connectivity index (χ1v) is 4.52. The first-order valence-electron chi connectivity index (χ1n) is 3.70. The van der Waals surface area contributed by atoms with Crippen LogP contribution in [0.5, 0.6) is 0 Å². The van der Waals surface area contributed by atoms with Gasteiger partial charge < -0.3 is 0 Å². The molecule has 0 spiro atoms. The Bertz CT molecular complexity index is 237. The molecular weight excluding hydrogens is 174 g/mol. The molecule has 0 aliphatic carbocycles. The van der Waals surface area contributed by atoms with E-state index in [9.17, 15) is 4.79 Å². The van der Waals surface area contributed by atoms with E-state index >= 15 is 0 Å². The predicted octanol–water partition coefficient (Wildman–Crippen LogP) is 0.808. The number of hydrogen-bond donors (Lipinski definition) is 1. The van der Waals surface area contributed by atoms with E-state index in [1.54, 1.807) is 23.8 Å². The van der Waals surface area contributed by atoms with Gasteiger partial charge in [-0.15, -0.1) is 0 Å². The molecule has 1 aliphatic rings. The molecule has 1 rings (SSSR count). The average molecular weight is 187 g/mol. The van der Waals surface area contributed by atoms with E-state index in [1.807, 2.05) is 13.8 Å². The molecule has 1 aliphatic heterocycles. The van der Waals surface area contributed by atoms with E-state index in [4.69, 9.17) is 0 Å². The molecule has 0 aromatic rings. The Morgan fingerprint density at radius 3 is 2.50 bits per heavy atom. The Morgan fingerprint density at radius 1 is 1.67 bits per heavy atom. The molecule has 0 unspecified atom stereocenters. The molecule has 1 heterocycles. The van der Waals surface area contributed by atoms with Gasteiger partial charge in [0.1, 0.15) is 4.87 Å². The minimum atomic E-state index is -0.235. The van der Waals surface area contributed by atoms with Crippen LogP contribution in [0, 0.1) is 0 Å². The topological polar surface area (TPSA) is 44.7 Å². The van der Waals surface area contributed by atoms with Gasteiger partial charge in [0.15, 0.2) is 5.17 Å². The summed E-state index contributed by atoms with van der Waals surface area (Å²) in [5.74, 6) is 0.00569. The summed E-state index contributed by atoms with van der Waals surface area (Å²) in [6.45, 7) is 5.49. The molecule has 0 aromatic carbocycles. The number of nitrogens with one attached hydrogen (secondary N) is 1. The summed E-state index contributed by atoms with van der Waals surface area (Å²) >= 11 is 1.55. The van der Waals surface area contributed by atoms with Crippen molar-refractivity contribution < 1.29 is 4.79 Å². The van der Waals surface area contributed by atoms with Crippen molar-refractivity contribution in [2.75, 3.05) is 7.05 Å². The minimum absolute atomic E-state index is 0.00569. The quantitative estimate of drug-likeness (QED) is 0.610. The lowest BCUT2D eigenvalue weighted by molar-refractivity contribution is -0.133. The van der Waals surface area contributed by atoms with Gasteiger partial charge in [-0.3, -0.25) is 15.2 Å². The molecule has 5 heteroatoms. The predicted molar refractivity (Wildman–Crippen MR) is 50.7 cm³/mol. The van der Waals surface area contributed by atoms with Crippen molar-refractivity contribution in [2.45, 2.75) is 25.6 Å². The molecule has 1 N–H and O–H groups in total. The Morgan fingerprint density at radius 2 is 2.25 bits per heavy atom. The van der Waals surface area contributed by atoms with Crippen molar-refractivity contribution in [3.8, 4) is 0 Å². The molecule has 0 saturated carbocycles. The fourth-order valence-corrected chi connectivity index (χ4v) is 2.06. The van der Waals surface area contributed by atoms with Gasteiger partial charge >= 0.3 is 0 Å². The Hall–Kier alpha value is -0.710. The largest absolute Gasteiger partial charge is 0.273 e. The highest BCUT2D eigenvalue weighted by molar-refractivity contribution is 8.15. The summed E-state index contributed by atoms with van der Waals surface area (Å²) in [7, 11) is 1.70. The Kier molecular flexibility index (Phi) is 2.32. The van der Waals surface area contributed by atoms with Crippen LogP contribution in [-0.4, -0.2) is 28.0 Å². The summed E-state index contributed by atoms with van der Waals surface area (Å²) < 4.78 is 0. The van der Waals surface area contributed by atoms with Gasteiger partial charge in [-0.2, -0.15) is 0 Å².